The van der Waals surface area contributed by atoms with Gasteiger partial charge in [-0.2, -0.15) is 8.78 Å². The van der Waals surface area contributed by atoms with E-state index in [1.165, 1.54) is 42.5 Å². The van der Waals surface area contributed by atoms with Crippen molar-refractivity contribution in [3.05, 3.63) is 64.4 Å². The van der Waals surface area contributed by atoms with E-state index >= 15 is 0 Å². The van der Waals surface area contributed by atoms with Crippen LogP contribution in [0.4, 0.5) is 13.2 Å². The lowest BCUT2D eigenvalue weighted by Gasteiger charge is -2.54. The van der Waals surface area contributed by atoms with Gasteiger partial charge in [0, 0.05) is 42.7 Å². The van der Waals surface area contributed by atoms with E-state index in [9.17, 15) is 22.8 Å². The molecule has 0 bridgehead atoms. The highest BCUT2D eigenvalue weighted by Gasteiger charge is 2.47. The first-order chi connectivity index (χ1) is 14.8. The first-order valence-corrected chi connectivity index (χ1v) is 10.2. The van der Waals surface area contributed by atoms with Crippen molar-refractivity contribution >= 4 is 23.4 Å². The Balaban J connectivity index is 1.30. The Labute approximate surface area is 182 Å². The van der Waals surface area contributed by atoms with Crippen LogP contribution in [0.5, 0.6) is 5.75 Å². The molecule has 0 atom stereocenters. The molecule has 2 fully saturated rings. The van der Waals surface area contributed by atoms with E-state index in [-0.39, 0.29) is 28.0 Å². The molecule has 2 saturated heterocycles. The summed E-state index contributed by atoms with van der Waals surface area (Å²) in [6.45, 7) is -0.629. The fourth-order valence-corrected chi connectivity index (χ4v) is 4.36. The minimum Gasteiger partial charge on any atom is -0.435 e. The third-order valence-corrected chi connectivity index (χ3v) is 6.23. The molecule has 2 aliphatic rings. The minimum absolute atomic E-state index is 0.00538. The van der Waals surface area contributed by atoms with Crippen molar-refractivity contribution < 1.29 is 27.5 Å². The number of carbonyl (C=O) groups excluding carboxylic acids is 2. The zero-order valence-electron chi connectivity index (χ0n) is 16.5. The molecule has 0 unspecified atom stereocenters. The highest BCUT2D eigenvalue weighted by atomic mass is 35.5. The Kier molecular flexibility index (Phi) is 5.83. The Bertz CT molecular complexity index is 984. The van der Waals surface area contributed by atoms with E-state index in [4.69, 9.17) is 11.6 Å². The van der Waals surface area contributed by atoms with E-state index in [1.54, 1.807) is 9.80 Å². The summed E-state index contributed by atoms with van der Waals surface area (Å²) in [7, 11) is 0. The van der Waals surface area contributed by atoms with E-state index in [0.717, 1.165) is 12.8 Å². The van der Waals surface area contributed by atoms with Crippen molar-refractivity contribution in [2.45, 2.75) is 19.5 Å². The summed E-state index contributed by atoms with van der Waals surface area (Å²) >= 11 is 5.77. The summed E-state index contributed by atoms with van der Waals surface area (Å²) < 4.78 is 42.1. The Hall–Kier alpha value is -2.74. The number of hydrogen-bond acceptors (Lipinski definition) is 3. The van der Waals surface area contributed by atoms with E-state index in [1.807, 2.05) is 0 Å². The highest BCUT2D eigenvalue weighted by Crippen LogP contribution is 2.41. The van der Waals surface area contributed by atoms with Crippen LogP contribution >= 0.6 is 11.6 Å². The van der Waals surface area contributed by atoms with Crippen LogP contribution in [0.3, 0.4) is 0 Å². The quantitative estimate of drug-likeness (QED) is 0.688. The van der Waals surface area contributed by atoms with Crippen molar-refractivity contribution in [2.75, 3.05) is 26.2 Å². The molecule has 2 aromatic rings. The van der Waals surface area contributed by atoms with Crippen molar-refractivity contribution in [1.29, 1.82) is 0 Å². The van der Waals surface area contributed by atoms with E-state index in [2.05, 4.69) is 4.74 Å². The maximum atomic E-state index is 13.3. The van der Waals surface area contributed by atoms with Crippen LogP contribution in [0.1, 0.15) is 33.6 Å². The summed E-state index contributed by atoms with van der Waals surface area (Å²) in [5.41, 5.74) is 0.745. The largest absolute Gasteiger partial charge is 0.435 e. The van der Waals surface area contributed by atoms with Crippen molar-refractivity contribution in [3.63, 3.8) is 0 Å². The molecule has 0 aromatic heterocycles. The Morgan fingerprint density at radius 1 is 0.935 bits per heavy atom. The van der Waals surface area contributed by atoms with Crippen LogP contribution in [0, 0.1) is 11.2 Å². The summed E-state index contributed by atoms with van der Waals surface area (Å²) in [5, 5.41) is -0.0818. The summed E-state index contributed by atoms with van der Waals surface area (Å²) in [6, 6.07) is 9.59. The van der Waals surface area contributed by atoms with Crippen LogP contribution < -0.4 is 4.74 Å². The molecule has 2 amide bonds. The Morgan fingerprint density at radius 3 is 2.10 bits per heavy atom. The predicted octanol–water partition coefficient (Wildman–Crippen LogP) is 4.46. The van der Waals surface area contributed by atoms with Gasteiger partial charge in [0.1, 0.15) is 11.6 Å². The topological polar surface area (TPSA) is 49.9 Å². The number of nitrogens with zero attached hydrogens (tertiary/aromatic N) is 2. The van der Waals surface area contributed by atoms with Gasteiger partial charge in [0.05, 0.1) is 5.02 Å². The van der Waals surface area contributed by atoms with Crippen LogP contribution in [-0.4, -0.2) is 54.4 Å². The molecular formula is C22H20ClF3N2O3. The maximum Gasteiger partial charge on any atom is 0.387 e. The smallest absolute Gasteiger partial charge is 0.387 e. The van der Waals surface area contributed by atoms with Crippen LogP contribution in [0.25, 0.3) is 0 Å². The number of likely N-dealkylation sites (tertiary alicyclic amines) is 2. The summed E-state index contributed by atoms with van der Waals surface area (Å²) in [5.74, 6) is -0.902. The molecular weight excluding hydrogens is 433 g/mol. The molecule has 0 saturated carbocycles. The number of halogens is 4. The van der Waals surface area contributed by atoms with Crippen LogP contribution in [0.15, 0.2) is 42.5 Å². The maximum absolute atomic E-state index is 13.3. The molecule has 5 nitrogen and oxygen atoms in total. The molecule has 2 aromatic carbocycles. The van der Waals surface area contributed by atoms with Gasteiger partial charge in [0.25, 0.3) is 11.8 Å². The molecule has 9 heteroatoms. The van der Waals surface area contributed by atoms with Gasteiger partial charge < -0.3 is 14.5 Å². The molecule has 31 heavy (non-hydrogen) atoms. The number of rotatable bonds is 4. The number of carbonyl (C=O) groups is 2. The SMILES string of the molecule is O=C(c1ccc(OC(F)F)cc1)N1CCC2(CC1)CN(C(=O)c1ccc(F)c(Cl)c1)C2. The monoisotopic (exact) mass is 452 g/mol. The van der Waals surface area contributed by atoms with E-state index in [0.29, 0.717) is 37.3 Å². The lowest BCUT2D eigenvalue weighted by molar-refractivity contribution is -0.0498. The second-order valence-corrected chi connectivity index (χ2v) is 8.39. The number of ether oxygens (including phenoxy) is 1. The number of benzene rings is 2. The van der Waals surface area contributed by atoms with Crippen molar-refractivity contribution in [3.8, 4) is 5.75 Å². The van der Waals surface area contributed by atoms with Crippen LogP contribution in [0.2, 0.25) is 5.02 Å². The summed E-state index contributed by atoms with van der Waals surface area (Å²) in [6.07, 6.45) is 1.53. The van der Waals surface area contributed by atoms with Crippen molar-refractivity contribution in [1.82, 2.24) is 9.80 Å². The number of alkyl halides is 2. The molecule has 2 heterocycles. The van der Waals surface area contributed by atoms with Gasteiger partial charge in [0.15, 0.2) is 0 Å². The highest BCUT2D eigenvalue weighted by molar-refractivity contribution is 6.31. The second-order valence-electron chi connectivity index (χ2n) is 7.99. The first kappa shape index (κ1) is 21.5. The zero-order valence-corrected chi connectivity index (χ0v) is 17.2. The molecule has 0 aliphatic carbocycles. The molecule has 4 rings (SSSR count). The zero-order chi connectivity index (χ0) is 22.2. The van der Waals surface area contributed by atoms with E-state index < -0.39 is 12.4 Å². The average molecular weight is 453 g/mol. The minimum atomic E-state index is -2.91. The predicted molar refractivity (Wildman–Crippen MR) is 108 cm³/mol. The normalized spacial score (nSPS) is 17.6. The lowest BCUT2D eigenvalue weighted by Crippen LogP contribution is -2.62. The van der Waals surface area contributed by atoms with Crippen LogP contribution in [-0.2, 0) is 0 Å². The molecule has 0 N–H and O–H groups in total. The number of hydrogen-bond donors (Lipinski definition) is 0. The van der Waals surface area contributed by atoms with Gasteiger partial charge in [-0.1, -0.05) is 11.6 Å². The van der Waals surface area contributed by atoms with Gasteiger partial charge in [0.2, 0.25) is 0 Å². The fourth-order valence-electron chi connectivity index (χ4n) is 4.18. The van der Waals surface area contributed by atoms with Crippen molar-refractivity contribution in [2.24, 2.45) is 5.41 Å². The second kappa shape index (κ2) is 8.42. The van der Waals surface area contributed by atoms with Gasteiger partial charge in [-0.15, -0.1) is 0 Å². The van der Waals surface area contributed by atoms with Gasteiger partial charge >= 0.3 is 6.61 Å². The fraction of sp³-hybridized carbons (Fsp3) is 0.364. The Morgan fingerprint density at radius 2 is 1.52 bits per heavy atom. The molecule has 0 radical (unpaired) electrons. The van der Waals surface area contributed by atoms with Gasteiger partial charge in [-0.05, 0) is 55.3 Å². The first-order valence-electron chi connectivity index (χ1n) is 9.85. The standard InChI is InChI=1S/C22H20ClF3N2O3/c23-17-11-15(3-6-18(17)24)20(30)28-12-22(13-28)7-9-27(10-8-22)19(29)14-1-4-16(5-2-14)31-21(25)26/h1-6,11,21H,7-10,12-13H2. The molecule has 2 aliphatic heterocycles. The number of piperidine rings is 1. The number of amides is 2. The average Bonchev–Trinajstić information content (AvgIpc) is 2.73. The van der Waals surface area contributed by atoms with Gasteiger partial charge in [-0.25, -0.2) is 4.39 Å². The third kappa shape index (κ3) is 4.49. The lowest BCUT2D eigenvalue weighted by atomic mass is 9.71. The third-order valence-electron chi connectivity index (χ3n) is 5.94. The molecule has 1 spiro atoms. The summed E-state index contributed by atoms with van der Waals surface area (Å²) in [4.78, 5) is 28.7. The molecule has 164 valence electrons. The van der Waals surface area contributed by atoms with Gasteiger partial charge in [-0.3, -0.25) is 9.59 Å².